The first-order valence-electron chi connectivity index (χ1n) is 15.8. The third-order valence-electron chi connectivity index (χ3n) is 9.46. The van der Waals surface area contributed by atoms with Crippen LogP contribution in [0.15, 0.2) is 53.8 Å². The summed E-state index contributed by atoms with van der Waals surface area (Å²) in [6.45, 7) is 1.40. The number of benzene rings is 2. The van der Waals surface area contributed by atoms with Crippen molar-refractivity contribution in [1.82, 2.24) is 15.2 Å². The van der Waals surface area contributed by atoms with Crippen molar-refractivity contribution in [2.45, 2.75) is 94.3 Å². The van der Waals surface area contributed by atoms with Crippen molar-refractivity contribution in [3.63, 3.8) is 0 Å². The monoisotopic (exact) mass is 580 g/mol. The number of nitrogens with one attached hydrogen (secondary N) is 1. The summed E-state index contributed by atoms with van der Waals surface area (Å²) in [5.41, 5.74) is 4.79. The van der Waals surface area contributed by atoms with E-state index in [2.05, 4.69) is 78.1 Å². The molecule has 2 saturated carbocycles. The number of amides is 2. The number of carbonyl (C=O) groups excluding carboxylic acids is 1. The van der Waals surface area contributed by atoms with Crippen LogP contribution in [0, 0.1) is 4.91 Å². The normalized spacial score (nSPS) is 17.0. The van der Waals surface area contributed by atoms with E-state index < -0.39 is 11.4 Å². The van der Waals surface area contributed by atoms with E-state index >= 15 is 0 Å². The van der Waals surface area contributed by atoms with Crippen molar-refractivity contribution in [3.8, 4) is 0 Å². The Bertz CT molecular complexity index is 1020. The van der Waals surface area contributed by atoms with E-state index in [-0.39, 0.29) is 12.4 Å². The van der Waals surface area contributed by atoms with Gasteiger partial charge in [-0.2, -0.15) is 5.01 Å². The van der Waals surface area contributed by atoms with Gasteiger partial charge in [0.15, 0.2) is 0 Å². The molecule has 0 unspecified atom stereocenters. The minimum Gasteiger partial charge on any atom is -0.335 e. The highest BCUT2D eigenvalue weighted by Gasteiger charge is 2.36. The average Bonchev–Trinajstić information content (AvgIpc) is 3.02. The molecule has 0 radical (unpaired) electrons. The second-order valence-electron chi connectivity index (χ2n) is 12.5. The van der Waals surface area contributed by atoms with Gasteiger partial charge in [0.05, 0.1) is 11.8 Å². The van der Waals surface area contributed by atoms with Gasteiger partial charge in [0.2, 0.25) is 0 Å². The number of halogens is 1. The third-order valence-corrected chi connectivity index (χ3v) is 9.63. The predicted octanol–water partition coefficient (Wildman–Crippen LogP) is 8.34. The maximum Gasteiger partial charge on any atom is 0.340 e. The Labute approximate surface area is 252 Å². The molecule has 0 spiro atoms. The lowest BCUT2D eigenvalue weighted by Crippen LogP contribution is -2.46. The van der Waals surface area contributed by atoms with Crippen LogP contribution in [0.1, 0.15) is 111 Å². The van der Waals surface area contributed by atoms with E-state index in [1.165, 1.54) is 86.5 Å². The maximum atomic E-state index is 13.0. The quantitative estimate of drug-likeness (QED) is 0.147. The zero-order valence-corrected chi connectivity index (χ0v) is 25.9. The molecular weight excluding hydrogens is 532 g/mol. The molecule has 0 atom stereocenters. The van der Waals surface area contributed by atoms with Crippen molar-refractivity contribution in [2.24, 2.45) is 5.29 Å². The predicted molar refractivity (Wildman–Crippen MR) is 170 cm³/mol. The number of hydrogen-bond acceptors (Lipinski definition) is 4. The Kier molecular flexibility index (Phi) is 12.1. The van der Waals surface area contributed by atoms with Crippen LogP contribution in [0.2, 0.25) is 0 Å². The number of nitrogens with zero attached hydrogens (tertiary/aromatic N) is 3. The Morgan fingerprint density at radius 1 is 0.829 bits per heavy atom. The molecule has 2 aromatic carbocycles. The number of alkyl halides is 1. The van der Waals surface area contributed by atoms with Crippen molar-refractivity contribution < 1.29 is 4.79 Å². The van der Waals surface area contributed by atoms with Crippen LogP contribution in [0.4, 0.5) is 4.79 Å². The zero-order chi connectivity index (χ0) is 29.1. The summed E-state index contributed by atoms with van der Waals surface area (Å²) in [7, 11) is 4.20. The smallest absolute Gasteiger partial charge is 0.335 e. The number of urea groups is 1. The van der Waals surface area contributed by atoms with Crippen LogP contribution in [-0.2, 0) is 5.41 Å². The average molecular weight is 581 g/mol. The Balaban J connectivity index is 1.70. The van der Waals surface area contributed by atoms with Crippen LogP contribution >= 0.6 is 11.6 Å². The lowest BCUT2D eigenvalue weighted by atomic mass is 9.70. The highest BCUT2D eigenvalue weighted by Crippen LogP contribution is 2.40. The van der Waals surface area contributed by atoms with Crippen molar-refractivity contribution in [3.05, 3.63) is 75.7 Å². The highest BCUT2D eigenvalue weighted by atomic mass is 35.5. The molecule has 0 aromatic heterocycles. The summed E-state index contributed by atoms with van der Waals surface area (Å²) < 4.78 is 0. The first-order chi connectivity index (χ1) is 20.0. The second kappa shape index (κ2) is 15.7. The van der Waals surface area contributed by atoms with Gasteiger partial charge >= 0.3 is 6.03 Å². The number of rotatable bonds is 13. The van der Waals surface area contributed by atoms with E-state index in [0.717, 1.165) is 24.4 Å². The van der Waals surface area contributed by atoms with Gasteiger partial charge in [-0.15, -0.1) is 16.5 Å². The molecule has 6 nitrogen and oxygen atoms in total. The molecule has 41 heavy (non-hydrogen) atoms. The molecule has 2 amide bonds. The standard InChI is InChI=1S/C34H49ClN4O2/c1-38(2)24-9-22-34(26-36-33(40)39(37-41)25-23-35,31-18-14-29(15-19-31)27-10-5-3-6-11-27)32-20-16-30(17-21-32)28-12-7-4-8-13-28/h14-21,27-28H,3-13,22-26H2,1-2H3,(H,36,40). The maximum absolute atomic E-state index is 13.0. The first-order valence-corrected chi connectivity index (χ1v) is 16.3. The number of nitroso groups, excluding NO2 is 1. The van der Waals surface area contributed by atoms with Gasteiger partial charge in [0, 0.05) is 17.8 Å². The molecule has 0 saturated heterocycles. The molecule has 2 fully saturated rings. The molecule has 4 rings (SSSR count). The molecule has 0 bridgehead atoms. The van der Waals surface area contributed by atoms with E-state index in [1.54, 1.807) is 0 Å². The fourth-order valence-electron chi connectivity index (χ4n) is 7.04. The molecule has 2 aliphatic rings. The fraction of sp³-hybridized carbons (Fsp3) is 0.618. The van der Waals surface area contributed by atoms with E-state index in [1.807, 2.05) is 0 Å². The molecule has 0 aliphatic heterocycles. The molecule has 1 N–H and O–H groups in total. The SMILES string of the molecule is CN(C)CCCC(CNC(=O)N(CCCl)N=O)(c1ccc(C2CCCCC2)cc1)c1ccc(C2CCCCC2)cc1. The highest BCUT2D eigenvalue weighted by molar-refractivity contribution is 6.18. The summed E-state index contributed by atoms with van der Waals surface area (Å²) in [6.07, 6.45) is 14.8. The van der Waals surface area contributed by atoms with Gasteiger partial charge in [0.1, 0.15) is 0 Å². The van der Waals surface area contributed by atoms with E-state index in [9.17, 15) is 9.70 Å². The topological polar surface area (TPSA) is 65.0 Å². The Morgan fingerprint density at radius 3 is 1.73 bits per heavy atom. The summed E-state index contributed by atoms with van der Waals surface area (Å²) in [5.74, 6) is 1.43. The minimum atomic E-state index is -0.504. The van der Waals surface area contributed by atoms with Gasteiger partial charge < -0.3 is 10.2 Å². The Hall–Kier alpha value is -2.44. The molecule has 224 valence electrons. The minimum absolute atomic E-state index is 0.0800. The van der Waals surface area contributed by atoms with Crippen molar-refractivity contribution >= 4 is 17.6 Å². The van der Waals surface area contributed by atoms with Gasteiger partial charge in [-0.05, 0) is 93.3 Å². The van der Waals surface area contributed by atoms with Gasteiger partial charge in [-0.1, -0.05) is 87.1 Å². The van der Waals surface area contributed by atoms with Crippen LogP contribution in [0.25, 0.3) is 0 Å². The van der Waals surface area contributed by atoms with E-state index in [0.29, 0.717) is 18.4 Å². The van der Waals surface area contributed by atoms with E-state index in [4.69, 9.17) is 11.6 Å². The lowest BCUT2D eigenvalue weighted by molar-refractivity contribution is 0.199. The number of hydrogen-bond donors (Lipinski definition) is 1. The van der Waals surface area contributed by atoms with Crippen LogP contribution < -0.4 is 5.32 Å². The Morgan fingerprint density at radius 2 is 1.32 bits per heavy atom. The molecule has 2 aromatic rings. The van der Waals surface area contributed by atoms with Crippen LogP contribution in [0.3, 0.4) is 0 Å². The van der Waals surface area contributed by atoms with Crippen LogP contribution in [-0.4, -0.2) is 55.5 Å². The largest absolute Gasteiger partial charge is 0.340 e. The summed E-state index contributed by atoms with van der Waals surface area (Å²) >= 11 is 5.83. The molecule has 7 heteroatoms. The van der Waals surface area contributed by atoms with Gasteiger partial charge in [0.25, 0.3) is 0 Å². The fourth-order valence-corrected chi connectivity index (χ4v) is 7.20. The zero-order valence-electron chi connectivity index (χ0n) is 25.1. The second-order valence-corrected chi connectivity index (χ2v) is 12.8. The molecular formula is C34H49ClN4O2. The lowest BCUT2D eigenvalue weighted by Gasteiger charge is -2.37. The molecule has 0 heterocycles. The van der Waals surface area contributed by atoms with Gasteiger partial charge in [-0.3, -0.25) is 0 Å². The molecule has 2 aliphatic carbocycles. The first kappa shape index (κ1) is 31.5. The summed E-state index contributed by atoms with van der Waals surface area (Å²) in [6, 6.07) is 17.9. The van der Waals surface area contributed by atoms with Crippen LogP contribution in [0.5, 0.6) is 0 Å². The van der Waals surface area contributed by atoms with Crippen molar-refractivity contribution in [1.29, 1.82) is 0 Å². The summed E-state index contributed by atoms with van der Waals surface area (Å²) in [4.78, 5) is 26.6. The third kappa shape index (κ3) is 8.32. The number of carbonyl (C=O) groups is 1. The summed E-state index contributed by atoms with van der Waals surface area (Å²) in [5, 5.41) is 6.87. The van der Waals surface area contributed by atoms with Gasteiger partial charge in [-0.25, -0.2) is 4.79 Å². The van der Waals surface area contributed by atoms with Crippen molar-refractivity contribution in [2.75, 3.05) is 39.6 Å².